The second-order valence-electron chi connectivity index (χ2n) is 6.21. The van der Waals surface area contributed by atoms with E-state index >= 15 is 0 Å². The number of aromatic nitrogens is 2. The predicted molar refractivity (Wildman–Crippen MR) is 110 cm³/mol. The molecule has 4 aromatic rings. The van der Waals surface area contributed by atoms with Gasteiger partial charge in [-0.15, -0.1) is 0 Å². The van der Waals surface area contributed by atoms with Gasteiger partial charge in [-0.25, -0.2) is 14.4 Å². The van der Waals surface area contributed by atoms with Crippen LogP contribution in [0.4, 0.5) is 21.8 Å². The smallest absolute Gasteiger partial charge is 0.433 e. The second kappa shape index (κ2) is 8.00. The first kappa shape index (κ1) is 19.1. The number of nitrogens with zero attached hydrogens (tertiary/aromatic N) is 3. The Kier molecular flexibility index (Phi) is 5.08. The molecule has 0 spiro atoms. The largest absolute Gasteiger partial charge is 0.497 e. The number of anilines is 2. The summed E-state index contributed by atoms with van der Waals surface area (Å²) < 4.78 is 24.0. The Bertz CT molecular complexity index is 1250. The molecular weight excluding hydrogens is 391 g/mol. The molecular formula is C21H15FN4O4. The zero-order valence-corrected chi connectivity index (χ0v) is 15.7. The Balaban J connectivity index is 1.70. The van der Waals surface area contributed by atoms with Crippen LogP contribution in [0.3, 0.4) is 0 Å². The maximum Gasteiger partial charge on any atom is 0.433 e. The van der Waals surface area contributed by atoms with Gasteiger partial charge >= 0.3 is 5.88 Å². The second-order valence-corrected chi connectivity index (χ2v) is 6.21. The summed E-state index contributed by atoms with van der Waals surface area (Å²) in [4.78, 5) is 19.0. The third kappa shape index (κ3) is 4.09. The zero-order chi connectivity index (χ0) is 21.1. The highest BCUT2D eigenvalue weighted by molar-refractivity contribution is 5.91. The van der Waals surface area contributed by atoms with E-state index in [2.05, 4.69) is 15.3 Å². The first-order chi connectivity index (χ1) is 14.5. The molecule has 1 N–H and O–H groups in total. The first-order valence-corrected chi connectivity index (χ1v) is 8.82. The van der Waals surface area contributed by atoms with Gasteiger partial charge in [0.15, 0.2) is 5.82 Å². The Morgan fingerprint density at radius 2 is 1.90 bits per heavy atom. The minimum Gasteiger partial charge on any atom is -0.497 e. The Morgan fingerprint density at radius 3 is 2.60 bits per heavy atom. The maximum atomic E-state index is 13.7. The van der Waals surface area contributed by atoms with Crippen LogP contribution in [0.15, 0.2) is 59.0 Å². The SMILES string of the molecule is COc1ccc(Nc2nc(C=Cc3ccc([N+](=O)[O-])o3)nc3cc(F)ccc23)cc1. The van der Waals surface area contributed by atoms with Crippen LogP contribution in [0, 0.1) is 15.9 Å². The highest BCUT2D eigenvalue weighted by atomic mass is 19.1. The molecule has 0 unspecified atom stereocenters. The lowest BCUT2D eigenvalue weighted by atomic mass is 10.2. The molecule has 4 rings (SSSR count). The van der Waals surface area contributed by atoms with Gasteiger partial charge in [0.2, 0.25) is 0 Å². The van der Waals surface area contributed by atoms with Crippen molar-refractivity contribution in [1.82, 2.24) is 9.97 Å². The molecule has 2 aromatic heterocycles. The van der Waals surface area contributed by atoms with Crippen molar-refractivity contribution in [1.29, 1.82) is 0 Å². The highest BCUT2D eigenvalue weighted by Gasteiger charge is 2.11. The quantitative estimate of drug-likeness (QED) is 0.347. The molecule has 0 amide bonds. The van der Waals surface area contributed by atoms with Crippen LogP contribution < -0.4 is 10.1 Å². The Morgan fingerprint density at radius 1 is 1.10 bits per heavy atom. The molecule has 0 fully saturated rings. The number of ether oxygens (including phenoxy) is 1. The molecule has 8 nitrogen and oxygen atoms in total. The van der Waals surface area contributed by atoms with E-state index in [9.17, 15) is 14.5 Å². The third-order valence-electron chi connectivity index (χ3n) is 4.22. The van der Waals surface area contributed by atoms with Crippen LogP contribution in [-0.4, -0.2) is 22.0 Å². The van der Waals surface area contributed by atoms with Crippen molar-refractivity contribution in [2.75, 3.05) is 12.4 Å². The molecule has 2 aromatic carbocycles. The van der Waals surface area contributed by atoms with Gasteiger partial charge in [-0.3, -0.25) is 10.1 Å². The Labute approximate surface area is 169 Å². The van der Waals surface area contributed by atoms with Gasteiger partial charge in [0, 0.05) is 17.1 Å². The Hall–Kier alpha value is -4.27. The summed E-state index contributed by atoms with van der Waals surface area (Å²) in [6.07, 6.45) is 3.04. The van der Waals surface area contributed by atoms with E-state index in [0.717, 1.165) is 5.69 Å². The van der Waals surface area contributed by atoms with Crippen LogP contribution in [0.2, 0.25) is 0 Å². The van der Waals surface area contributed by atoms with E-state index in [-0.39, 0.29) is 17.5 Å². The highest BCUT2D eigenvalue weighted by Crippen LogP contribution is 2.26. The number of nitro groups is 1. The number of halogens is 1. The van der Waals surface area contributed by atoms with E-state index in [0.29, 0.717) is 22.5 Å². The zero-order valence-electron chi connectivity index (χ0n) is 15.7. The summed E-state index contributed by atoms with van der Waals surface area (Å²) in [5, 5.41) is 14.6. The molecule has 0 aliphatic carbocycles. The number of hydrogen-bond acceptors (Lipinski definition) is 7. The van der Waals surface area contributed by atoms with Crippen molar-refractivity contribution < 1.29 is 18.5 Å². The summed E-state index contributed by atoms with van der Waals surface area (Å²) in [5.74, 6) is 0.963. The topological polar surface area (TPSA) is 103 Å². The third-order valence-corrected chi connectivity index (χ3v) is 4.22. The average molecular weight is 406 g/mol. The molecule has 150 valence electrons. The normalized spacial score (nSPS) is 11.1. The lowest BCUT2D eigenvalue weighted by Gasteiger charge is -2.10. The van der Waals surface area contributed by atoms with E-state index in [1.165, 1.54) is 36.4 Å². The number of hydrogen-bond donors (Lipinski definition) is 1. The number of rotatable bonds is 6. The number of benzene rings is 2. The van der Waals surface area contributed by atoms with Crippen molar-refractivity contribution in [3.8, 4) is 5.75 Å². The van der Waals surface area contributed by atoms with E-state index < -0.39 is 10.7 Å². The van der Waals surface area contributed by atoms with Crippen LogP contribution >= 0.6 is 0 Å². The molecule has 0 saturated heterocycles. The van der Waals surface area contributed by atoms with Crippen molar-refractivity contribution >= 4 is 40.4 Å². The molecule has 0 bridgehead atoms. The van der Waals surface area contributed by atoms with Gasteiger partial charge in [0.1, 0.15) is 28.1 Å². The maximum absolute atomic E-state index is 13.7. The fourth-order valence-corrected chi connectivity index (χ4v) is 2.79. The first-order valence-electron chi connectivity index (χ1n) is 8.82. The lowest BCUT2D eigenvalue weighted by molar-refractivity contribution is -0.402. The van der Waals surface area contributed by atoms with Crippen LogP contribution in [0.5, 0.6) is 5.75 Å². The molecule has 2 heterocycles. The van der Waals surface area contributed by atoms with Gasteiger partial charge in [-0.2, -0.15) is 0 Å². The fraction of sp³-hybridized carbons (Fsp3) is 0.0476. The van der Waals surface area contributed by atoms with Gasteiger partial charge in [-0.1, -0.05) is 0 Å². The summed E-state index contributed by atoms with van der Waals surface area (Å²) in [6.45, 7) is 0. The van der Waals surface area contributed by atoms with Crippen molar-refractivity contribution in [2.45, 2.75) is 0 Å². The van der Waals surface area contributed by atoms with Crippen molar-refractivity contribution in [2.24, 2.45) is 0 Å². The van der Waals surface area contributed by atoms with Crippen LogP contribution in [0.1, 0.15) is 11.6 Å². The summed E-state index contributed by atoms with van der Waals surface area (Å²) in [5.41, 5.74) is 1.17. The summed E-state index contributed by atoms with van der Waals surface area (Å²) in [6, 6.07) is 14.2. The minimum absolute atomic E-state index is 0.273. The molecule has 0 aliphatic rings. The van der Waals surface area contributed by atoms with Gasteiger partial charge in [0.05, 0.1) is 18.7 Å². The molecule has 0 saturated carbocycles. The molecule has 0 atom stereocenters. The number of methoxy groups -OCH3 is 1. The van der Waals surface area contributed by atoms with Gasteiger partial charge < -0.3 is 14.5 Å². The molecule has 0 aliphatic heterocycles. The minimum atomic E-state index is -0.622. The average Bonchev–Trinajstić information content (AvgIpc) is 3.22. The van der Waals surface area contributed by atoms with E-state index in [1.807, 2.05) is 12.1 Å². The standard InChI is InChI=1S/C21H15FN4O4/c1-29-15-5-3-14(4-6-15)23-21-17-9-2-13(22)12-18(17)24-19(25-21)10-7-16-8-11-20(30-16)26(27)28/h2-12H,1H3,(H,23,24,25). The summed E-state index contributed by atoms with van der Waals surface area (Å²) in [7, 11) is 1.58. The van der Waals surface area contributed by atoms with Gasteiger partial charge in [0.25, 0.3) is 0 Å². The monoisotopic (exact) mass is 406 g/mol. The molecule has 9 heteroatoms. The van der Waals surface area contributed by atoms with E-state index in [1.54, 1.807) is 25.3 Å². The number of fused-ring (bicyclic) bond motifs is 1. The van der Waals surface area contributed by atoms with Crippen molar-refractivity contribution in [3.05, 3.63) is 82.1 Å². The van der Waals surface area contributed by atoms with Crippen LogP contribution in [-0.2, 0) is 0 Å². The van der Waals surface area contributed by atoms with Gasteiger partial charge in [-0.05, 0) is 54.6 Å². The lowest BCUT2D eigenvalue weighted by Crippen LogP contribution is -1.99. The fourth-order valence-electron chi connectivity index (χ4n) is 2.79. The van der Waals surface area contributed by atoms with Crippen molar-refractivity contribution in [3.63, 3.8) is 0 Å². The van der Waals surface area contributed by atoms with Crippen LogP contribution in [0.25, 0.3) is 23.1 Å². The number of furan rings is 1. The molecule has 30 heavy (non-hydrogen) atoms. The predicted octanol–water partition coefficient (Wildman–Crippen LogP) is 5.19. The van der Waals surface area contributed by atoms with E-state index in [4.69, 9.17) is 9.15 Å². The summed E-state index contributed by atoms with van der Waals surface area (Å²) >= 11 is 0. The number of nitrogens with one attached hydrogen (secondary N) is 1. The molecule has 0 radical (unpaired) electrons.